The fourth-order valence-electron chi connectivity index (χ4n) is 1.57. The van der Waals surface area contributed by atoms with Crippen LogP contribution in [0.4, 0.5) is 0 Å². The van der Waals surface area contributed by atoms with E-state index < -0.39 is 6.10 Å². The Morgan fingerprint density at radius 2 is 2.24 bits per heavy atom. The quantitative estimate of drug-likeness (QED) is 0.885. The Hall–Kier alpha value is -1.39. The summed E-state index contributed by atoms with van der Waals surface area (Å²) in [6.45, 7) is 2.39. The summed E-state index contributed by atoms with van der Waals surface area (Å²) in [5, 5.41) is 11.8. The summed E-state index contributed by atoms with van der Waals surface area (Å²) < 4.78 is 5.69. The highest BCUT2D eigenvalue weighted by molar-refractivity contribution is 7.07. The topological polar surface area (TPSA) is 42.4 Å². The Labute approximate surface area is 105 Å². The van der Waals surface area contributed by atoms with Crippen LogP contribution in [0.3, 0.4) is 0 Å². The molecule has 1 aromatic carbocycles. The number of aliphatic hydroxyl groups excluding tert-OH is 1. The van der Waals surface area contributed by atoms with Gasteiger partial charge in [0.1, 0.15) is 12.4 Å². The van der Waals surface area contributed by atoms with Gasteiger partial charge in [-0.15, -0.1) is 11.3 Å². The van der Waals surface area contributed by atoms with E-state index in [0.717, 1.165) is 17.0 Å². The summed E-state index contributed by atoms with van der Waals surface area (Å²) in [6, 6.07) is 7.58. The van der Waals surface area contributed by atoms with Crippen LogP contribution < -0.4 is 4.74 Å². The molecule has 1 aromatic heterocycles. The van der Waals surface area contributed by atoms with E-state index >= 15 is 0 Å². The monoisotopic (exact) mass is 249 g/mol. The van der Waals surface area contributed by atoms with Crippen molar-refractivity contribution < 1.29 is 9.84 Å². The van der Waals surface area contributed by atoms with Crippen molar-refractivity contribution in [1.29, 1.82) is 0 Å². The lowest BCUT2D eigenvalue weighted by atomic mass is 10.1. The van der Waals surface area contributed by atoms with Gasteiger partial charge in [-0.2, -0.15) is 0 Å². The Morgan fingerprint density at radius 3 is 2.94 bits per heavy atom. The van der Waals surface area contributed by atoms with Gasteiger partial charge in [0.15, 0.2) is 0 Å². The minimum Gasteiger partial charge on any atom is -0.487 e. The van der Waals surface area contributed by atoms with Gasteiger partial charge in [-0.1, -0.05) is 25.1 Å². The van der Waals surface area contributed by atoms with Crippen molar-refractivity contribution in [2.75, 3.05) is 0 Å². The van der Waals surface area contributed by atoms with Gasteiger partial charge in [-0.05, 0) is 12.5 Å². The Morgan fingerprint density at radius 1 is 1.41 bits per heavy atom. The van der Waals surface area contributed by atoms with Crippen molar-refractivity contribution in [3.05, 3.63) is 46.4 Å². The fraction of sp³-hybridized carbons (Fsp3) is 0.308. The van der Waals surface area contributed by atoms with E-state index in [1.165, 1.54) is 0 Å². The molecular weight excluding hydrogens is 234 g/mol. The summed E-state index contributed by atoms with van der Waals surface area (Å²) in [5.41, 5.74) is 3.53. The van der Waals surface area contributed by atoms with Gasteiger partial charge < -0.3 is 9.84 Å². The van der Waals surface area contributed by atoms with Crippen molar-refractivity contribution in [2.45, 2.75) is 26.1 Å². The van der Waals surface area contributed by atoms with E-state index in [1.54, 1.807) is 16.8 Å². The summed E-state index contributed by atoms with van der Waals surface area (Å²) >= 11 is 1.55. The highest BCUT2D eigenvalue weighted by Gasteiger charge is 2.11. The van der Waals surface area contributed by atoms with Crippen LogP contribution >= 0.6 is 11.3 Å². The summed E-state index contributed by atoms with van der Waals surface area (Å²) in [6.07, 6.45) is 0.207. The number of hydrogen-bond donors (Lipinski definition) is 1. The molecule has 0 fully saturated rings. The van der Waals surface area contributed by atoms with Crippen molar-refractivity contribution in [3.63, 3.8) is 0 Å². The molecule has 0 spiro atoms. The minimum absolute atomic E-state index is 0.441. The maximum atomic E-state index is 9.87. The number of aliphatic hydroxyl groups is 1. The molecular formula is C13H15NO2S. The van der Waals surface area contributed by atoms with Crippen molar-refractivity contribution in [2.24, 2.45) is 0 Å². The fourth-order valence-corrected chi connectivity index (χ4v) is 2.11. The van der Waals surface area contributed by atoms with Crippen molar-refractivity contribution >= 4 is 11.3 Å². The molecule has 4 heteroatoms. The van der Waals surface area contributed by atoms with Crippen LogP contribution in [0.15, 0.2) is 35.2 Å². The van der Waals surface area contributed by atoms with Crippen LogP contribution in [-0.4, -0.2) is 10.1 Å². The van der Waals surface area contributed by atoms with E-state index in [4.69, 9.17) is 4.74 Å². The minimum atomic E-state index is -0.471. The summed E-state index contributed by atoms with van der Waals surface area (Å²) in [5.74, 6) is 0.731. The molecule has 0 bridgehead atoms. The standard InChI is InChI=1S/C13H15NO2S/c1-2-12(15)11-5-3-4-6-13(11)16-7-10-8-17-9-14-10/h3-6,8-9,12,15H,2,7H2,1H3/t12-/m0/s1. The molecule has 2 rings (SSSR count). The van der Waals surface area contributed by atoms with Gasteiger partial charge in [-0.25, -0.2) is 4.98 Å². The van der Waals surface area contributed by atoms with Crippen molar-refractivity contribution in [3.8, 4) is 5.75 Å². The second-order valence-corrected chi connectivity index (χ2v) is 4.45. The highest BCUT2D eigenvalue weighted by atomic mass is 32.1. The normalized spacial score (nSPS) is 12.4. The third kappa shape index (κ3) is 3.05. The maximum Gasteiger partial charge on any atom is 0.131 e. The number of hydrogen-bond acceptors (Lipinski definition) is 4. The van der Waals surface area contributed by atoms with E-state index in [-0.39, 0.29) is 0 Å². The van der Waals surface area contributed by atoms with Gasteiger partial charge in [-0.3, -0.25) is 0 Å². The molecule has 0 saturated carbocycles. The number of ether oxygens (including phenoxy) is 1. The summed E-state index contributed by atoms with van der Waals surface area (Å²) in [4.78, 5) is 4.16. The average Bonchev–Trinajstić information content (AvgIpc) is 2.89. The van der Waals surface area contributed by atoms with E-state index in [9.17, 15) is 5.11 Å². The summed E-state index contributed by atoms with van der Waals surface area (Å²) in [7, 11) is 0. The number of aromatic nitrogens is 1. The lowest BCUT2D eigenvalue weighted by Crippen LogP contribution is -2.02. The molecule has 2 aromatic rings. The van der Waals surface area contributed by atoms with Gasteiger partial charge in [0.05, 0.1) is 17.3 Å². The Balaban J connectivity index is 2.09. The molecule has 1 atom stereocenters. The molecule has 1 heterocycles. The molecule has 1 N–H and O–H groups in total. The third-order valence-electron chi connectivity index (χ3n) is 2.52. The molecule has 0 aliphatic carbocycles. The lowest BCUT2D eigenvalue weighted by molar-refractivity contribution is 0.166. The van der Waals surface area contributed by atoms with Crippen LogP contribution in [0.1, 0.15) is 30.7 Å². The zero-order valence-corrected chi connectivity index (χ0v) is 10.5. The van der Waals surface area contributed by atoms with Gasteiger partial charge in [0.25, 0.3) is 0 Å². The van der Waals surface area contributed by atoms with E-state index in [2.05, 4.69) is 4.98 Å². The molecule has 17 heavy (non-hydrogen) atoms. The smallest absolute Gasteiger partial charge is 0.131 e. The van der Waals surface area contributed by atoms with E-state index in [1.807, 2.05) is 36.6 Å². The first-order valence-corrected chi connectivity index (χ1v) is 6.52. The number of rotatable bonds is 5. The zero-order valence-electron chi connectivity index (χ0n) is 9.67. The molecule has 0 saturated heterocycles. The number of para-hydroxylation sites is 1. The van der Waals surface area contributed by atoms with Gasteiger partial charge >= 0.3 is 0 Å². The number of benzene rings is 1. The average molecular weight is 249 g/mol. The first-order chi connectivity index (χ1) is 8.31. The Bertz CT molecular complexity index is 456. The zero-order chi connectivity index (χ0) is 12.1. The molecule has 0 aliphatic rings. The predicted molar refractivity (Wildman–Crippen MR) is 68.1 cm³/mol. The molecule has 0 amide bonds. The van der Waals surface area contributed by atoms with Crippen LogP contribution in [-0.2, 0) is 6.61 Å². The Kier molecular flexibility index (Phi) is 4.12. The van der Waals surface area contributed by atoms with Crippen molar-refractivity contribution in [1.82, 2.24) is 4.98 Å². The largest absolute Gasteiger partial charge is 0.487 e. The predicted octanol–water partition coefficient (Wildman–Crippen LogP) is 3.17. The molecule has 90 valence electrons. The maximum absolute atomic E-state index is 9.87. The highest BCUT2D eigenvalue weighted by Crippen LogP contribution is 2.27. The molecule has 0 unspecified atom stereocenters. The first kappa shape index (κ1) is 12.1. The van der Waals surface area contributed by atoms with Crippen LogP contribution in [0.5, 0.6) is 5.75 Å². The van der Waals surface area contributed by atoms with Crippen LogP contribution in [0.2, 0.25) is 0 Å². The lowest BCUT2D eigenvalue weighted by Gasteiger charge is -2.14. The van der Waals surface area contributed by atoms with Crippen LogP contribution in [0.25, 0.3) is 0 Å². The third-order valence-corrected chi connectivity index (χ3v) is 3.16. The van der Waals surface area contributed by atoms with Gasteiger partial charge in [0, 0.05) is 10.9 Å². The SMILES string of the molecule is CC[C@H](O)c1ccccc1OCc1cscn1. The molecule has 0 aliphatic heterocycles. The first-order valence-electron chi connectivity index (χ1n) is 5.58. The number of thiazole rings is 1. The second-order valence-electron chi connectivity index (χ2n) is 3.73. The second kappa shape index (κ2) is 5.80. The molecule has 0 radical (unpaired) electrons. The van der Waals surface area contributed by atoms with Crippen LogP contribution in [0, 0.1) is 0 Å². The molecule has 3 nitrogen and oxygen atoms in total. The van der Waals surface area contributed by atoms with Gasteiger partial charge in [0.2, 0.25) is 0 Å². The van der Waals surface area contributed by atoms with E-state index in [0.29, 0.717) is 13.0 Å². The number of nitrogens with zero attached hydrogens (tertiary/aromatic N) is 1.